The Hall–Kier alpha value is -2.58. The maximum Gasteiger partial charge on any atom is 0.240 e. The molecule has 7 nitrogen and oxygen atoms in total. The van der Waals surface area contributed by atoms with Crippen LogP contribution < -0.4 is 4.72 Å². The zero-order valence-electron chi connectivity index (χ0n) is 12.4. The molecule has 1 aromatic heterocycles. The predicted octanol–water partition coefficient (Wildman–Crippen LogP) is 1.45. The van der Waals surface area contributed by atoms with Crippen molar-refractivity contribution in [2.45, 2.75) is 18.4 Å². The summed E-state index contributed by atoms with van der Waals surface area (Å²) < 4.78 is 28.9. The van der Waals surface area contributed by atoms with Crippen LogP contribution in [0.1, 0.15) is 11.1 Å². The van der Waals surface area contributed by atoms with Gasteiger partial charge in [0.1, 0.15) is 6.33 Å². The molecule has 0 aliphatic heterocycles. The van der Waals surface area contributed by atoms with E-state index < -0.39 is 10.0 Å². The van der Waals surface area contributed by atoms with Crippen molar-refractivity contribution in [2.75, 3.05) is 0 Å². The zero-order chi connectivity index (χ0) is 16.3. The summed E-state index contributed by atoms with van der Waals surface area (Å²) >= 11 is 0. The molecule has 0 saturated heterocycles. The topological polar surface area (TPSA) is 89.8 Å². The standard InChI is InChI=1S/C15H15N5O2S/c1-12-9-14(7-8-15(12)20-11-16-18-19-20)23(21,22)17-10-13-5-3-2-4-6-13/h2-9,11,17H,10H2,1H3. The highest BCUT2D eigenvalue weighted by atomic mass is 32.2. The fourth-order valence-corrected chi connectivity index (χ4v) is 3.28. The highest BCUT2D eigenvalue weighted by Gasteiger charge is 2.15. The normalized spacial score (nSPS) is 11.5. The molecule has 118 valence electrons. The lowest BCUT2D eigenvalue weighted by Gasteiger charge is -2.10. The lowest BCUT2D eigenvalue weighted by molar-refractivity contribution is 0.581. The van der Waals surface area contributed by atoms with Crippen LogP contribution in [0.5, 0.6) is 0 Å². The summed E-state index contributed by atoms with van der Waals surface area (Å²) in [6, 6.07) is 14.2. The third-order valence-electron chi connectivity index (χ3n) is 3.38. The highest BCUT2D eigenvalue weighted by Crippen LogP contribution is 2.18. The summed E-state index contributed by atoms with van der Waals surface area (Å²) in [5.74, 6) is 0. The minimum absolute atomic E-state index is 0.211. The molecule has 2 aromatic carbocycles. The Kier molecular flexibility index (Phi) is 4.18. The fourth-order valence-electron chi connectivity index (χ4n) is 2.18. The maximum absolute atomic E-state index is 12.4. The Labute approximate surface area is 134 Å². The van der Waals surface area contributed by atoms with Crippen molar-refractivity contribution in [1.82, 2.24) is 24.9 Å². The van der Waals surface area contributed by atoms with Crippen molar-refractivity contribution in [3.63, 3.8) is 0 Å². The van der Waals surface area contributed by atoms with E-state index in [1.807, 2.05) is 37.3 Å². The van der Waals surface area contributed by atoms with E-state index in [9.17, 15) is 8.42 Å². The van der Waals surface area contributed by atoms with E-state index in [0.717, 1.165) is 16.8 Å². The van der Waals surface area contributed by atoms with Crippen LogP contribution in [-0.2, 0) is 16.6 Å². The van der Waals surface area contributed by atoms with Crippen molar-refractivity contribution in [3.05, 3.63) is 66.0 Å². The number of sulfonamides is 1. The van der Waals surface area contributed by atoms with Crippen LogP contribution in [0.25, 0.3) is 5.69 Å². The summed E-state index contributed by atoms with van der Waals surface area (Å²) in [5, 5.41) is 11.0. The number of aryl methyl sites for hydroxylation is 1. The predicted molar refractivity (Wildman–Crippen MR) is 84.4 cm³/mol. The van der Waals surface area contributed by atoms with E-state index in [-0.39, 0.29) is 11.4 Å². The molecule has 0 fully saturated rings. The van der Waals surface area contributed by atoms with Gasteiger partial charge in [-0.1, -0.05) is 30.3 Å². The zero-order valence-corrected chi connectivity index (χ0v) is 13.2. The third kappa shape index (κ3) is 3.43. The second-order valence-electron chi connectivity index (χ2n) is 5.01. The smallest absolute Gasteiger partial charge is 0.207 e. The Balaban J connectivity index is 1.82. The first-order valence-electron chi connectivity index (χ1n) is 6.94. The van der Waals surface area contributed by atoms with Crippen LogP contribution in [0.3, 0.4) is 0 Å². The van der Waals surface area contributed by atoms with Gasteiger partial charge in [0.25, 0.3) is 0 Å². The van der Waals surface area contributed by atoms with Gasteiger partial charge in [-0.3, -0.25) is 0 Å². The van der Waals surface area contributed by atoms with Gasteiger partial charge in [0.2, 0.25) is 10.0 Å². The molecular weight excluding hydrogens is 314 g/mol. The minimum Gasteiger partial charge on any atom is -0.207 e. The van der Waals surface area contributed by atoms with Crippen LogP contribution in [0.4, 0.5) is 0 Å². The van der Waals surface area contributed by atoms with E-state index in [2.05, 4.69) is 20.2 Å². The van der Waals surface area contributed by atoms with E-state index >= 15 is 0 Å². The molecule has 0 atom stereocenters. The summed E-state index contributed by atoms with van der Waals surface area (Å²) in [7, 11) is -3.58. The molecule has 0 bridgehead atoms. The van der Waals surface area contributed by atoms with E-state index in [1.54, 1.807) is 12.1 Å². The molecule has 0 spiro atoms. The van der Waals surface area contributed by atoms with Crippen molar-refractivity contribution in [3.8, 4) is 5.69 Å². The van der Waals surface area contributed by atoms with Crippen LogP contribution in [0.15, 0.2) is 59.8 Å². The maximum atomic E-state index is 12.4. The molecule has 3 aromatic rings. The third-order valence-corrected chi connectivity index (χ3v) is 4.78. The molecule has 0 aliphatic rings. The van der Waals surface area contributed by atoms with E-state index in [1.165, 1.54) is 17.1 Å². The molecule has 23 heavy (non-hydrogen) atoms. The van der Waals surface area contributed by atoms with Gasteiger partial charge in [0.15, 0.2) is 0 Å². The first-order valence-corrected chi connectivity index (χ1v) is 8.42. The average Bonchev–Trinajstić information content (AvgIpc) is 3.08. The molecule has 0 radical (unpaired) electrons. The first kappa shape index (κ1) is 15.3. The Bertz CT molecular complexity index is 893. The van der Waals surface area contributed by atoms with Crippen LogP contribution in [-0.4, -0.2) is 28.6 Å². The van der Waals surface area contributed by atoms with Gasteiger partial charge < -0.3 is 0 Å². The SMILES string of the molecule is Cc1cc(S(=O)(=O)NCc2ccccc2)ccc1-n1cnnn1. The quantitative estimate of drug-likeness (QED) is 0.765. The van der Waals surface area contributed by atoms with Crippen LogP contribution in [0.2, 0.25) is 0 Å². The Morgan fingerprint density at radius 3 is 2.57 bits per heavy atom. The molecule has 0 amide bonds. The van der Waals surface area contributed by atoms with Crippen molar-refractivity contribution in [1.29, 1.82) is 0 Å². The van der Waals surface area contributed by atoms with Gasteiger partial charge in [0, 0.05) is 6.54 Å². The Morgan fingerprint density at radius 1 is 1.13 bits per heavy atom. The number of rotatable bonds is 5. The van der Waals surface area contributed by atoms with Gasteiger partial charge in [0.05, 0.1) is 10.6 Å². The molecule has 3 rings (SSSR count). The largest absolute Gasteiger partial charge is 0.240 e. The number of tetrazole rings is 1. The second-order valence-corrected chi connectivity index (χ2v) is 6.78. The lowest BCUT2D eigenvalue weighted by atomic mass is 10.2. The summed E-state index contributed by atoms with van der Waals surface area (Å²) in [5.41, 5.74) is 2.40. The van der Waals surface area contributed by atoms with Crippen LogP contribution >= 0.6 is 0 Å². The molecule has 0 saturated carbocycles. The summed E-state index contributed by atoms with van der Waals surface area (Å²) in [6.45, 7) is 2.06. The van der Waals surface area contributed by atoms with Crippen molar-refractivity contribution < 1.29 is 8.42 Å². The molecule has 1 N–H and O–H groups in total. The highest BCUT2D eigenvalue weighted by molar-refractivity contribution is 7.89. The molecular formula is C15H15N5O2S. The monoisotopic (exact) mass is 329 g/mol. The van der Waals surface area contributed by atoms with E-state index in [4.69, 9.17) is 0 Å². The molecule has 8 heteroatoms. The van der Waals surface area contributed by atoms with E-state index in [0.29, 0.717) is 0 Å². The second kappa shape index (κ2) is 6.27. The number of hydrogen-bond donors (Lipinski definition) is 1. The number of aromatic nitrogens is 4. The molecule has 1 heterocycles. The minimum atomic E-state index is -3.58. The van der Waals surface area contributed by atoms with Gasteiger partial charge in [-0.15, -0.1) is 5.10 Å². The number of benzene rings is 2. The number of nitrogens with one attached hydrogen (secondary N) is 1. The molecule has 0 unspecified atom stereocenters. The van der Waals surface area contributed by atoms with Gasteiger partial charge in [-0.25, -0.2) is 17.8 Å². The molecule has 0 aliphatic carbocycles. The summed E-state index contributed by atoms with van der Waals surface area (Å²) in [6.07, 6.45) is 1.46. The van der Waals surface area contributed by atoms with Gasteiger partial charge in [-0.05, 0) is 46.7 Å². The van der Waals surface area contributed by atoms with Crippen molar-refractivity contribution >= 4 is 10.0 Å². The summed E-state index contributed by atoms with van der Waals surface area (Å²) in [4.78, 5) is 0.211. The Morgan fingerprint density at radius 2 is 1.91 bits per heavy atom. The number of hydrogen-bond acceptors (Lipinski definition) is 5. The average molecular weight is 329 g/mol. The van der Waals surface area contributed by atoms with Crippen LogP contribution in [0, 0.1) is 6.92 Å². The van der Waals surface area contributed by atoms with Crippen molar-refractivity contribution in [2.24, 2.45) is 0 Å². The lowest BCUT2D eigenvalue weighted by Crippen LogP contribution is -2.23. The first-order chi connectivity index (χ1) is 11.1. The van der Waals surface area contributed by atoms with Gasteiger partial charge in [-0.2, -0.15) is 0 Å². The number of nitrogens with zero attached hydrogens (tertiary/aromatic N) is 4. The van der Waals surface area contributed by atoms with Gasteiger partial charge >= 0.3 is 0 Å². The fraction of sp³-hybridized carbons (Fsp3) is 0.133.